The number of benzene rings is 1. The first kappa shape index (κ1) is 15.5. The van der Waals surface area contributed by atoms with Crippen molar-refractivity contribution in [2.45, 2.75) is 32.0 Å². The van der Waals surface area contributed by atoms with E-state index in [0.29, 0.717) is 18.1 Å². The number of hydrogen-bond donors (Lipinski definition) is 1. The van der Waals surface area contributed by atoms with Crippen LogP contribution in [0.4, 0.5) is 5.69 Å². The number of aromatic nitrogens is 2. The molecule has 2 rings (SSSR count). The van der Waals surface area contributed by atoms with Crippen molar-refractivity contribution < 1.29 is 8.42 Å². The molecule has 1 heterocycles. The van der Waals surface area contributed by atoms with Gasteiger partial charge in [0.1, 0.15) is 5.82 Å². The highest BCUT2D eigenvalue weighted by Gasteiger charge is 2.25. The zero-order valence-electron chi connectivity index (χ0n) is 12.4. The van der Waals surface area contributed by atoms with Crippen molar-refractivity contribution in [2.75, 3.05) is 12.8 Å². The molecule has 2 N–H and O–H groups in total. The molecule has 0 aliphatic heterocycles. The number of nitrogens with zero attached hydrogens (tertiary/aromatic N) is 3. The summed E-state index contributed by atoms with van der Waals surface area (Å²) in [5, 5.41) is 0.0684. The van der Waals surface area contributed by atoms with Crippen LogP contribution in [0.1, 0.15) is 18.3 Å². The van der Waals surface area contributed by atoms with Crippen LogP contribution in [-0.2, 0) is 23.1 Å². The number of anilines is 1. The Kier molecular flexibility index (Phi) is 4.34. The van der Waals surface area contributed by atoms with Crippen molar-refractivity contribution in [3.05, 3.63) is 41.9 Å². The topological polar surface area (TPSA) is 81.2 Å². The number of imidazole rings is 1. The van der Waals surface area contributed by atoms with E-state index in [1.807, 2.05) is 25.1 Å². The average molecular weight is 308 g/mol. The van der Waals surface area contributed by atoms with E-state index < -0.39 is 10.0 Å². The minimum absolute atomic E-state index is 0.0684. The highest BCUT2D eigenvalue weighted by molar-refractivity contribution is 7.89. The SMILES string of the molecule is CCn1cc(S(=O)(=O)N(C)Cc2ccccc2N)nc1C. The summed E-state index contributed by atoms with van der Waals surface area (Å²) in [6.07, 6.45) is 1.56. The molecule has 0 aliphatic rings. The van der Waals surface area contributed by atoms with Gasteiger partial charge in [-0.05, 0) is 25.5 Å². The highest BCUT2D eigenvalue weighted by Crippen LogP contribution is 2.19. The Labute approximate surface area is 125 Å². The number of aryl methyl sites for hydroxylation is 2. The number of nitrogen functional groups attached to an aromatic ring is 1. The first-order valence-electron chi connectivity index (χ1n) is 6.69. The van der Waals surface area contributed by atoms with Gasteiger partial charge in [0.15, 0.2) is 5.03 Å². The van der Waals surface area contributed by atoms with Crippen molar-refractivity contribution in [3.8, 4) is 0 Å². The Morgan fingerprint density at radius 1 is 1.33 bits per heavy atom. The van der Waals surface area contributed by atoms with Crippen molar-refractivity contribution in [3.63, 3.8) is 0 Å². The Morgan fingerprint density at radius 3 is 2.57 bits per heavy atom. The third kappa shape index (κ3) is 3.08. The summed E-state index contributed by atoms with van der Waals surface area (Å²) < 4.78 is 28.1. The number of hydrogen-bond acceptors (Lipinski definition) is 4. The van der Waals surface area contributed by atoms with E-state index in [-0.39, 0.29) is 11.6 Å². The number of nitrogens with two attached hydrogens (primary N) is 1. The van der Waals surface area contributed by atoms with Crippen molar-refractivity contribution in [1.29, 1.82) is 0 Å². The Bertz CT molecular complexity index is 737. The maximum Gasteiger partial charge on any atom is 0.262 e. The minimum Gasteiger partial charge on any atom is -0.398 e. The van der Waals surface area contributed by atoms with E-state index in [9.17, 15) is 8.42 Å². The highest BCUT2D eigenvalue weighted by atomic mass is 32.2. The molecule has 1 aromatic heterocycles. The molecule has 0 fully saturated rings. The van der Waals surface area contributed by atoms with Gasteiger partial charge in [-0.2, -0.15) is 4.31 Å². The molecule has 2 aromatic rings. The molecular formula is C14H20N4O2S. The van der Waals surface area contributed by atoms with Crippen LogP contribution in [0.5, 0.6) is 0 Å². The smallest absolute Gasteiger partial charge is 0.262 e. The average Bonchev–Trinajstić information content (AvgIpc) is 2.83. The van der Waals surface area contributed by atoms with Gasteiger partial charge in [-0.25, -0.2) is 13.4 Å². The van der Waals surface area contributed by atoms with Crippen LogP contribution in [0.25, 0.3) is 0 Å². The second-order valence-corrected chi connectivity index (χ2v) is 6.86. The summed E-state index contributed by atoms with van der Waals surface area (Å²) in [6.45, 7) is 4.63. The second kappa shape index (κ2) is 5.87. The van der Waals surface area contributed by atoms with Crippen molar-refractivity contribution in [1.82, 2.24) is 13.9 Å². The molecule has 0 spiro atoms. The fraction of sp³-hybridized carbons (Fsp3) is 0.357. The summed E-state index contributed by atoms with van der Waals surface area (Å²) in [5.41, 5.74) is 7.21. The van der Waals surface area contributed by atoms with Crippen LogP contribution >= 0.6 is 0 Å². The van der Waals surface area contributed by atoms with E-state index in [1.165, 1.54) is 11.4 Å². The molecule has 0 radical (unpaired) electrons. The van der Waals surface area contributed by atoms with Gasteiger partial charge in [-0.15, -0.1) is 0 Å². The van der Waals surface area contributed by atoms with Gasteiger partial charge in [-0.1, -0.05) is 18.2 Å². The first-order chi connectivity index (χ1) is 9.86. The molecule has 0 atom stereocenters. The van der Waals surface area contributed by atoms with Crippen LogP contribution in [0.15, 0.2) is 35.5 Å². The lowest BCUT2D eigenvalue weighted by Crippen LogP contribution is -2.27. The largest absolute Gasteiger partial charge is 0.398 e. The fourth-order valence-electron chi connectivity index (χ4n) is 2.09. The monoisotopic (exact) mass is 308 g/mol. The Morgan fingerprint density at radius 2 is 2.00 bits per heavy atom. The summed E-state index contributed by atoms with van der Waals surface area (Å²) >= 11 is 0. The molecule has 21 heavy (non-hydrogen) atoms. The first-order valence-corrected chi connectivity index (χ1v) is 8.13. The third-order valence-corrected chi connectivity index (χ3v) is 5.09. The van der Waals surface area contributed by atoms with E-state index in [0.717, 1.165) is 5.56 Å². The maximum absolute atomic E-state index is 12.5. The second-order valence-electron chi connectivity index (χ2n) is 4.87. The standard InChI is InChI=1S/C14H20N4O2S/c1-4-18-10-14(16-11(18)2)21(19,20)17(3)9-12-7-5-6-8-13(12)15/h5-8,10H,4,9,15H2,1-3H3. The van der Waals surface area contributed by atoms with Crippen LogP contribution in [0.2, 0.25) is 0 Å². The summed E-state index contributed by atoms with van der Waals surface area (Å²) in [6, 6.07) is 7.23. The normalized spacial score (nSPS) is 12.0. The van der Waals surface area contributed by atoms with Gasteiger partial charge in [0.2, 0.25) is 0 Å². The van der Waals surface area contributed by atoms with Gasteiger partial charge in [0.05, 0.1) is 0 Å². The van der Waals surface area contributed by atoms with Gasteiger partial charge >= 0.3 is 0 Å². The zero-order chi connectivity index (χ0) is 15.6. The van der Waals surface area contributed by atoms with E-state index >= 15 is 0 Å². The molecule has 0 bridgehead atoms. The molecular weight excluding hydrogens is 288 g/mol. The number of rotatable bonds is 5. The lowest BCUT2D eigenvalue weighted by atomic mass is 10.2. The summed E-state index contributed by atoms with van der Waals surface area (Å²) in [7, 11) is -2.09. The van der Waals surface area contributed by atoms with Gasteiger partial charge in [-0.3, -0.25) is 0 Å². The summed E-state index contributed by atoms with van der Waals surface area (Å²) in [5.74, 6) is 0.684. The Hall–Kier alpha value is -1.86. The zero-order valence-corrected chi connectivity index (χ0v) is 13.3. The van der Waals surface area contributed by atoms with Crippen LogP contribution in [-0.4, -0.2) is 29.3 Å². The van der Waals surface area contributed by atoms with Gasteiger partial charge in [0.25, 0.3) is 10.0 Å². The lowest BCUT2D eigenvalue weighted by molar-refractivity contribution is 0.464. The predicted molar refractivity (Wildman–Crippen MR) is 82.1 cm³/mol. The molecule has 114 valence electrons. The molecule has 0 saturated heterocycles. The third-order valence-electron chi connectivity index (χ3n) is 3.42. The molecule has 0 amide bonds. The summed E-state index contributed by atoms with van der Waals surface area (Å²) in [4.78, 5) is 4.14. The van der Waals surface area contributed by atoms with Crippen molar-refractivity contribution >= 4 is 15.7 Å². The number of sulfonamides is 1. The molecule has 7 heteroatoms. The minimum atomic E-state index is -3.62. The van der Waals surface area contributed by atoms with Crippen LogP contribution in [0.3, 0.4) is 0 Å². The van der Waals surface area contributed by atoms with Gasteiger partial charge in [0, 0.05) is 32.0 Å². The predicted octanol–water partition coefficient (Wildman–Crippen LogP) is 1.61. The van der Waals surface area contributed by atoms with Gasteiger partial charge < -0.3 is 10.3 Å². The maximum atomic E-state index is 12.5. The van der Waals surface area contributed by atoms with Crippen LogP contribution < -0.4 is 5.73 Å². The fourth-order valence-corrected chi connectivity index (χ4v) is 3.22. The van der Waals surface area contributed by atoms with Crippen molar-refractivity contribution in [2.24, 2.45) is 0 Å². The van der Waals surface area contributed by atoms with Crippen LogP contribution in [0, 0.1) is 6.92 Å². The molecule has 1 aromatic carbocycles. The van der Waals surface area contributed by atoms with E-state index in [4.69, 9.17) is 5.73 Å². The molecule has 6 nitrogen and oxygen atoms in total. The quantitative estimate of drug-likeness (QED) is 0.851. The molecule has 0 aliphatic carbocycles. The Balaban J connectivity index is 2.28. The molecule has 0 saturated carbocycles. The lowest BCUT2D eigenvalue weighted by Gasteiger charge is -2.16. The van der Waals surface area contributed by atoms with E-state index in [2.05, 4.69) is 4.98 Å². The molecule has 0 unspecified atom stereocenters. The van der Waals surface area contributed by atoms with E-state index in [1.54, 1.807) is 23.8 Å². The number of para-hydroxylation sites is 1.